The highest BCUT2D eigenvalue weighted by atomic mass is 79.9. The molecule has 0 bridgehead atoms. The summed E-state index contributed by atoms with van der Waals surface area (Å²) in [6, 6.07) is 0. The van der Waals surface area contributed by atoms with Gasteiger partial charge in [-0.2, -0.15) is 0 Å². The second-order valence-corrected chi connectivity index (χ2v) is 7.40. The van der Waals surface area contributed by atoms with Crippen LogP contribution in [0.3, 0.4) is 0 Å². The summed E-state index contributed by atoms with van der Waals surface area (Å²) in [5, 5.41) is 2.66. The highest BCUT2D eigenvalue weighted by Gasteiger charge is 2.25. The molecule has 0 spiro atoms. The minimum Gasteiger partial charge on any atom is -0.355 e. The molecule has 88 valence electrons. The molecule has 0 aliphatic heterocycles. The normalized spacial score (nSPS) is 26.5. The summed E-state index contributed by atoms with van der Waals surface area (Å²) in [4.78, 5) is 11.7. The first-order chi connectivity index (χ1) is 6.88. The number of rotatable bonds is 4. The van der Waals surface area contributed by atoms with Crippen LogP contribution in [-0.4, -0.2) is 37.7 Å². The molecule has 0 aromatic rings. The van der Waals surface area contributed by atoms with Crippen molar-refractivity contribution in [3.63, 3.8) is 0 Å². The van der Waals surface area contributed by atoms with Crippen molar-refractivity contribution in [2.45, 2.75) is 24.1 Å². The summed E-state index contributed by atoms with van der Waals surface area (Å²) < 4.78 is 21.7. The predicted octanol–water partition coefficient (Wildman–Crippen LogP) is 0.711. The molecule has 6 heteroatoms. The lowest BCUT2D eigenvalue weighted by molar-refractivity contribution is -0.118. The summed E-state index contributed by atoms with van der Waals surface area (Å²) >= 11 is 3.55. The van der Waals surface area contributed by atoms with Crippen molar-refractivity contribution in [3.8, 4) is 0 Å². The number of carbonyl (C=O) groups is 1. The number of halogens is 1. The molecule has 0 saturated heterocycles. The number of hydrogen-bond donors (Lipinski definition) is 1. The predicted molar refractivity (Wildman–Crippen MR) is 62.8 cm³/mol. The molecule has 1 saturated carbocycles. The lowest BCUT2D eigenvalue weighted by Gasteiger charge is -2.14. The van der Waals surface area contributed by atoms with Gasteiger partial charge in [0, 0.05) is 17.6 Å². The van der Waals surface area contributed by atoms with Gasteiger partial charge in [0.1, 0.15) is 5.75 Å². The minimum absolute atomic E-state index is 0.399. The lowest BCUT2D eigenvalue weighted by atomic mass is 10.1. The molecular weight excluding hydrogens is 282 g/mol. The first kappa shape index (κ1) is 13.0. The van der Waals surface area contributed by atoms with E-state index in [-0.39, 0.29) is 0 Å². The average Bonchev–Trinajstić information content (AvgIpc) is 2.44. The van der Waals surface area contributed by atoms with Gasteiger partial charge in [0.15, 0.2) is 9.84 Å². The Bertz CT molecular complexity index is 328. The van der Waals surface area contributed by atoms with Crippen molar-refractivity contribution >= 4 is 31.7 Å². The fraction of sp³-hybridized carbons (Fsp3) is 0.889. The van der Waals surface area contributed by atoms with E-state index in [1.54, 1.807) is 0 Å². The Balaban J connectivity index is 2.28. The van der Waals surface area contributed by atoms with E-state index in [1.165, 1.54) is 6.42 Å². The van der Waals surface area contributed by atoms with Crippen LogP contribution in [-0.2, 0) is 14.6 Å². The summed E-state index contributed by atoms with van der Waals surface area (Å²) in [6.07, 6.45) is 4.46. The zero-order valence-electron chi connectivity index (χ0n) is 8.70. The van der Waals surface area contributed by atoms with Gasteiger partial charge in [-0.15, -0.1) is 0 Å². The maximum atomic E-state index is 11.2. The van der Waals surface area contributed by atoms with Gasteiger partial charge in [-0.3, -0.25) is 4.79 Å². The molecule has 0 aromatic heterocycles. The van der Waals surface area contributed by atoms with E-state index in [0.717, 1.165) is 19.1 Å². The third-order valence-corrected chi connectivity index (χ3v) is 4.51. The van der Waals surface area contributed by atoms with Crippen LogP contribution in [0.25, 0.3) is 0 Å². The van der Waals surface area contributed by atoms with Crippen LogP contribution in [0.2, 0.25) is 0 Å². The van der Waals surface area contributed by atoms with E-state index >= 15 is 0 Å². The molecule has 1 aliphatic carbocycles. The number of alkyl halides is 1. The molecular formula is C9H16BrNO3S. The molecule has 0 radical (unpaired) electrons. The summed E-state index contributed by atoms with van der Waals surface area (Å²) in [5.41, 5.74) is 0. The first-order valence-electron chi connectivity index (χ1n) is 4.97. The van der Waals surface area contributed by atoms with Crippen LogP contribution in [0.5, 0.6) is 0 Å². The molecule has 0 aromatic carbocycles. The fourth-order valence-corrected chi connectivity index (χ4v) is 3.11. The summed E-state index contributed by atoms with van der Waals surface area (Å²) in [6.45, 7) is 0.574. The van der Waals surface area contributed by atoms with Crippen molar-refractivity contribution in [1.82, 2.24) is 5.32 Å². The van der Waals surface area contributed by atoms with Crippen molar-refractivity contribution in [3.05, 3.63) is 0 Å². The quantitative estimate of drug-likeness (QED) is 0.778. The largest absolute Gasteiger partial charge is 0.355 e. The first-order valence-corrected chi connectivity index (χ1v) is 7.94. The minimum atomic E-state index is -3.21. The number of hydrogen-bond acceptors (Lipinski definition) is 3. The van der Waals surface area contributed by atoms with Gasteiger partial charge in [-0.1, -0.05) is 22.4 Å². The topological polar surface area (TPSA) is 63.2 Å². The van der Waals surface area contributed by atoms with Gasteiger partial charge in [0.2, 0.25) is 5.91 Å². The molecule has 1 aliphatic rings. The van der Waals surface area contributed by atoms with Gasteiger partial charge in [-0.05, 0) is 18.8 Å². The van der Waals surface area contributed by atoms with Gasteiger partial charge in [-0.25, -0.2) is 8.42 Å². The Morgan fingerprint density at radius 2 is 2.13 bits per heavy atom. The SMILES string of the molecule is CS(=O)(=O)CC(=O)NCC1CCCC1Br. The summed E-state index contributed by atoms with van der Waals surface area (Å²) in [7, 11) is -3.21. The van der Waals surface area contributed by atoms with Crippen LogP contribution in [0.15, 0.2) is 0 Å². The van der Waals surface area contributed by atoms with E-state index in [4.69, 9.17) is 0 Å². The van der Waals surface area contributed by atoms with Crippen molar-refractivity contribution in [2.75, 3.05) is 18.6 Å². The third kappa shape index (κ3) is 4.97. The van der Waals surface area contributed by atoms with Crippen LogP contribution >= 0.6 is 15.9 Å². The zero-order valence-corrected chi connectivity index (χ0v) is 11.1. The number of amides is 1. The molecule has 2 unspecified atom stereocenters. The van der Waals surface area contributed by atoms with E-state index in [2.05, 4.69) is 21.2 Å². The molecule has 4 nitrogen and oxygen atoms in total. The Morgan fingerprint density at radius 1 is 1.47 bits per heavy atom. The summed E-state index contributed by atoms with van der Waals surface area (Å²) in [5.74, 6) is -0.371. The molecule has 15 heavy (non-hydrogen) atoms. The Morgan fingerprint density at radius 3 is 2.60 bits per heavy atom. The monoisotopic (exact) mass is 297 g/mol. The van der Waals surface area contributed by atoms with E-state index in [9.17, 15) is 13.2 Å². The average molecular weight is 298 g/mol. The van der Waals surface area contributed by atoms with Gasteiger partial charge in [0.05, 0.1) is 0 Å². The lowest BCUT2D eigenvalue weighted by Crippen LogP contribution is -2.34. The number of sulfone groups is 1. The molecule has 2 atom stereocenters. The molecule has 1 fully saturated rings. The Kier molecular flexibility index (Phi) is 4.58. The second kappa shape index (κ2) is 5.30. The van der Waals surface area contributed by atoms with E-state index in [0.29, 0.717) is 17.3 Å². The van der Waals surface area contributed by atoms with Crippen LogP contribution in [0, 0.1) is 5.92 Å². The van der Waals surface area contributed by atoms with Crippen molar-refractivity contribution in [1.29, 1.82) is 0 Å². The molecule has 1 amide bonds. The Labute approximate surface area is 98.9 Å². The number of nitrogens with one attached hydrogen (secondary N) is 1. The molecule has 1 rings (SSSR count). The standard InChI is InChI=1S/C9H16BrNO3S/c1-15(13,14)6-9(12)11-5-7-3-2-4-8(7)10/h7-8H,2-6H2,1H3,(H,11,12). The van der Waals surface area contributed by atoms with Crippen LogP contribution < -0.4 is 5.32 Å². The van der Waals surface area contributed by atoms with Gasteiger partial charge >= 0.3 is 0 Å². The van der Waals surface area contributed by atoms with Crippen molar-refractivity contribution < 1.29 is 13.2 Å². The zero-order chi connectivity index (χ0) is 11.5. The molecule has 1 N–H and O–H groups in total. The fourth-order valence-electron chi connectivity index (χ4n) is 1.76. The maximum Gasteiger partial charge on any atom is 0.235 e. The smallest absolute Gasteiger partial charge is 0.235 e. The molecule has 0 heterocycles. The second-order valence-electron chi connectivity index (χ2n) is 4.08. The maximum absolute atomic E-state index is 11.2. The highest BCUT2D eigenvalue weighted by molar-refractivity contribution is 9.09. The van der Waals surface area contributed by atoms with Crippen LogP contribution in [0.1, 0.15) is 19.3 Å². The van der Waals surface area contributed by atoms with Crippen molar-refractivity contribution in [2.24, 2.45) is 5.92 Å². The highest BCUT2D eigenvalue weighted by Crippen LogP contribution is 2.30. The van der Waals surface area contributed by atoms with Gasteiger partial charge in [0.25, 0.3) is 0 Å². The number of carbonyl (C=O) groups excluding carboxylic acids is 1. The van der Waals surface area contributed by atoms with Crippen LogP contribution in [0.4, 0.5) is 0 Å². The van der Waals surface area contributed by atoms with E-state index < -0.39 is 21.5 Å². The van der Waals surface area contributed by atoms with Gasteiger partial charge < -0.3 is 5.32 Å². The third-order valence-electron chi connectivity index (χ3n) is 2.52. The Hall–Kier alpha value is -0.100. The van der Waals surface area contributed by atoms with E-state index in [1.807, 2.05) is 0 Å².